The largest absolute Gasteiger partial charge is 0.375 e. The van der Waals surface area contributed by atoms with Gasteiger partial charge in [0.05, 0.1) is 5.69 Å². The molecule has 0 unspecified atom stereocenters. The van der Waals surface area contributed by atoms with E-state index < -0.39 is 0 Å². The van der Waals surface area contributed by atoms with Gasteiger partial charge in [-0.2, -0.15) is 0 Å². The maximum absolute atomic E-state index is 5.50. The second-order valence-corrected chi connectivity index (χ2v) is 4.33. The second-order valence-electron chi connectivity index (χ2n) is 2.46. The molecule has 2 aromatic heterocycles. The summed E-state index contributed by atoms with van der Waals surface area (Å²) in [7, 11) is 0. The Morgan fingerprint density at radius 2 is 2.23 bits per heavy atom. The summed E-state index contributed by atoms with van der Waals surface area (Å²) in [5, 5.41) is 4.61. The third kappa shape index (κ3) is 2.17. The number of nitrogens with two attached hydrogens (primary N) is 1. The first-order valence-corrected chi connectivity index (χ1v) is 5.53. The van der Waals surface area contributed by atoms with Crippen LogP contribution in [0.3, 0.4) is 0 Å². The fourth-order valence-electron chi connectivity index (χ4n) is 0.931. The van der Waals surface area contributed by atoms with Gasteiger partial charge in [-0.15, -0.1) is 22.7 Å². The molecule has 0 aromatic carbocycles. The molecule has 0 spiro atoms. The Kier molecular flexibility index (Phi) is 2.42. The predicted molar refractivity (Wildman–Crippen MR) is 59.8 cm³/mol. The summed E-state index contributed by atoms with van der Waals surface area (Å²) in [6.45, 7) is 0. The van der Waals surface area contributed by atoms with E-state index in [9.17, 15) is 0 Å². The van der Waals surface area contributed by atoms with Gasteiger partial charge in [0.1, 0.15) is 0 Å². The molecule has 0 amide bonds. The van der Waals surface area contributed by atoms with E-state index in [4.69, 9.17) is 5.73 Å². The van der Waals surface area contributed by atoms with Crippen LogP contribution in [-0.4, -0.2) is 4.98 Å². The highest BCUT2D eigenvalue weighted by molar-refractivity contribution is 7.13. The molecule has 13 heavy (non-hydrogen) atoms. The van der Waals surface area contributed by atoms with Gasteiger partial charge < -0.3 is 5.73 Å². The minimum absolute atomic E-state index is 0.617. The van der Waals surface area contributed by atoms with E-state index >= 15 is 0 Å². The third-order valence-corrected chi connectivity index (χ3v) is 3.03. The Morgan fingerprint density at radius 3 is 2.85 bits per heavy atom. The van der Waals surface area contributed by atoms with Gasteiger partial charge in [-0.05, 0) is 23.6 Å². The molecule has 66 valence electrons. The maximum atomic E-state index is 5.50. The van der Waals surface area contributed by atoms with Crippen LogP contribution in [0.5, 0.6) is 0 Å². The first-order valence-electron chi connectivity index (χ1n) is 3.77. The molecule has 0 saturated carbocycles. The number of thiazole rings is 1. The zero-order valence-corrected chi connectivity index (χ0v) is 8.44. The summed E-state index contributed by atoms with van der Waals surface area (Å²) in [6, 6.07) is 4.09. The summed E-state index contributed by atoms with van der Waals surface area (Å²) < 4.78 is 0. The van der Waals surface area contributed by atoms with Crippen LogP contribution in [-0.2, 0) is 0 Å². The Bertz CT molecular complexity index is 401. The van der Waals surface area contributed by atoms with Crippen molar-refractivity contribution in [3.8, 4) is 0 Å². The van der Waals surface area contributed by atoms with Gasteiger partial charge in [-0.3, -0.25) is 0 Å². The first-order chi connectivity index (χ1) is 6.34. The number of thiophene rings is 1. The summed E-state index contributed by atoms with van der Waals surface area (Å²) in [5.41, 5.74) is 6.43. The van der Waals surface area contributed by atoms with Crippen molar-refractivity contribution in [3.63, 3.8) is 0 Å². The molecule has 0 aliphatic heterocycles. The number of anilines is 1. The molecule has 0 fully saturated rings. The smallest absolute Gasteiger partial charge is 0.180 e. The van der Waals surface area contributed by atoms with Crippen molar-refractivity contribution >= 4 is 40.0 Å². The highest BCUT2D eigenvalue weighted by atomic mass is 32.1. The van der Waals surface area contributed by atoms with Gasteiger partial charge >= 0.3 is 0 Å². The van der Waals surface area contributed by atoms with E-state index in [0.29, 0.717) is 5.13 Å². The molecule has 0 atom stereocenters. The van der Waals surface area contributed by atoms with Gasteiger partial charge in [0.15, 0.2) is 5.13 Å². The van der Waals surface area contributed by atoms with Crippen LogP contribution in [0.25, 0.3) is 12.2 Å². The normalized spacial score (nSPS) is 11.1. The summed E-state index contributed by atoms with van der Waals surface area (Å²) in [4.78, 5) is 5.35. The highest BCUT2D eigenvalue weighted by Gasteiger charge is 1.93. The van der Waals surface area contributed by atoms with Crippen LogP contribution in [0.1, 0.15) is 10.6 Å². The maximum Gasteiger partial charge on any atom is 0.180 e. The van der Waals surface area contributed by atoms with Crippen molar-refractivity contribution in [2.45, 2.75) is 0 Å². The molecule has 0 bridgehead atoms. The Morgan fingerprint density at radius 1 is 1.31 bits per heavy atom. The molecule has 2 N–H and O–H groups in total. The molecule has 0 saturated heterocycles. The molecule has 2 rings (SSSR count). The van der Waals surface area contributed by atoms with Crippen molar-refractivity contribution in [3.05, 3.63) is 33.5 Å². The first kappa shape index (κ1) is 8.47. The van der Waals surface area contributed by atoms with Crippen LogP contribution in [0, 0.1) is 0 Å². The molecule has 0 radical (unpaired) electrons. The minimum atomic E-state index is 0.617. The van der Waals surface area contributed by atoms with E-state index in [2.05, 4.69) is 16.4 Å². The topological polar surface area (TPSA) is 38.9 Å². The van der Waals surface area contributed by atoms with E-state index in [1.54, 1.807) is 11.3 Å². The van der Waals surface area contributed by atoms with Gasteiger partial charge in [-0.25, -0.2) is 4.98 Å². The molecule has 4 heteroatoms. The zero-order valence-electron chi connectivity index (χ0n) is 6.81. The lowest BCUT2D eigenvalue weighted by molar-refractivity contribution is 1.39. The fourth-order valence-corrected chi connectivity index (χ4v) is 2.08. The second kappa shape index (κ2) is 3.72. The van der Waals surface area contributed by atoms with Crippen molar-refractivity contribution in [2.24, 2.45) is 0 Å². The molecule has 0 aliphatic carbocycles. The van der Waals surface area contributed by atoms with Crippen LogP contribution in [0.4, 0.5) is 5.13 Å². The van der Waals surface area contributed by atoms with Gasteiger partial charge in [0.25, 0.3) is 0 Å². The summed E-state index contributed by atoms with van der Waals surface area (Å²) in [6.07, 6.45) is 4.01. The molecular formula is C9H8N2S2. The van der Waals surface area contributed by atoms with Crippen LogP contribution >= 0.6 is 22.7 Å². The van der Waals surface area contributed by atoms with E-state index in [0.717, 1.165) is 5.69 Å². The van der Waals surface area contributed by atoms with Crippen molar-refractivity contribution in [1.82, 2.24) is 4.98 Å². The SMILES string of the molecule is Nc1nc(C=Cc2cccs2)cs1. The van der Waals surface area contributed by atoms with E-state index in [1.165, 1.54) is 16.2 Å². The monoisotopic (exact) mass is 208 g/mol. The molecule has 2 nitrogen and oxygen atoms in total. The minimum Gasteiger partial charge on any atom is -0.375 e. The fraction of sp³-hybridized carbons (Fsp3) is 0. The molecule has 0 aliphatic rings. The van der Waals surface area contributed by atoms with Crippen molar-refractivity contribution < 1.29 is 0 Å². The van der Waals surface area contributed by atoms with Crippen LogP contribution in [0.15, 0.2) is 22.9 Å². The Hall–Kier alpha value is -1.13. The number of hydrogen-bond donors (Lipinski definition) is 1. The lowest BCUT2D eigenvalue weighted by atomic mass is 10.4. The number of nitrogens with zero attached hydrogens (tertiary/aromatic N) is 1. The quantitative estimate of drug-likeness (QED) is 0.824. The van der Waals surface area contributed by atoms with E-state index in [1.807, 2.05) is 23.6 Å². The highest BCUT2D eigenvalue weighted by Crippen LogP contribution is 2.16. The van der Waals surface area contributed by atoms with Crippen molar-refractivity contribution in [1.29, 1.82) is 0 Å². The third-order valence-electron chi connectivity index (χ3n) is 1.50. The van der Waals surface area contributed by atoms with Crippen molar-refractivity contribution in [2.75, 3.05) is 5.73 Å². The average molecular weight is 208 g/mol. The van der Waals surface area contributed by atoms with Gasteiger partial charge in [-0.1, -0.05) is 6.07 Å². The van der Waals surface area contributed by atoms with Crippen LogP contribution in [0.2, 0.25) is 0 Å². The Labute approximate surface area is 84.4 Å². The van der Waals surface area contributed by atoms with E-state index in [-0.39, 0.29) is 0 Å². The molecule has 2 heterocycles. The lowest BCUT2D eigenvalue weighted by Crippen LogP contribution is -1.80. The molecule has 2 aromatic rings. The summed E-state index contributed by atoms with van der Waals surface area (Å²) >= 11 is 3.17. The predicted octanol–water partition coefficient (Wildman–Crippen LogP) is 2.96. The van der Waals surface area contributed by atoms with Gasteiger partial charge in [0.2, 0.25) is 0 Å². The number of aromatic nitrogens is 1. The zero-order chi connectivity index (χ0) is 9.10. The van der Waals surface area contributed by atoms with Crippen LogP contribution < -0.4 is 5.73 Å². The number of nitrogen functional groups attached to an aromatic ring is 1. The lowest BCUT2D eigenvalue weighted by Gasteiger charge is -1.82. The molecular weight excluding hydrogens is 200 g/mol. The number of hydrogen-bond acceptors (Lipinski definition) is 4. The summed E-state index contributed by atoms with van der Waals surface area (Å²) in [5.74, 6) is 0. The van der Waals surface area contributed by atoms with Gasteiger partial charge in [0, 0.05) is 10.3 Å². The number of rotatable bonds is 2. The standard InChI is InChI=1S/C9H8N2S2/c10-9-11-7(6-13-9)3-4-8-2-1-5-12-8/h1-6H,(H2,10,11). The Balaban J connectivity index is 2.14. The average Bonchev–Trinajstić information content (AvgIpc) is 2.71.